The number of carbonyl (C=O) groups excluding carboxylic acids is 1. The van der Waals surface area contributed by atoms with Crippen LogP contribution in [-0.4, -0.2) is 20.4 Å². The zero-order valence-corrected chi connectivity index (χ0v) is 17.9. The fraction of sp³-hybridized carbons (Fsp3) is 0.167. The summed E-state index contributed by atoms with van der Waals surface area (Å²) in [7, 11) is 0. The molecule has 0 unspecified atom stereocenters. The molecule has 2 heterocycles. The minimum absolute atomic E-state index is 0.0271. The van der Waals surface area contributed by atoms with Crippen molar-refractivity contribution in [2.24, 2.45) is 0 Å². The van der Waals surface area contributed by atoms with Gasteiger partial charge in [0.2, 0.25) is 5.91 Å². The minimum atomic E-state index is -1.35. The van der Waals surface area contributed by atoms with Gasteiger partial charge in [0.25, 0.3) is 5.56 Å². The molecule has 0 fully saturated rings. The average Bonchev–Trinajstić information content (AvgIpc) is 2.79. The summed E-state index contributed by atoms with van der Waals surface area (Å²) in [6, 6.07) is 7.26. The molecule has 0 saturated heterocycles. The first-order valence-corrected chi connectivity index (χ1v) is 10.3. The number of halogens is 3. The van der Waals surface area contributed by atoms with Crippen molar-refractivity contribution in [1.82, 2.24) is 19.9 Å². The van der Waals surface area contributed by atoms with Crippen LogP contribution in [0.5, 0.6) is 0 Å². The molecule has 2 aromatic carbocycles. The molecule has 0 aliphatic rings. The molecule has 174 valence electrons. The Hall–Kier alpha value is -4.21. The summed E-state index contributed by atoms with van der Waals surface area (Å²) in [5.74, 6) is -3.05. The maximum Gasteiger partial charge on any atom is 0.329 e. The van der Waals surface area contributed by atoms with E-state index in [1.54, 1.807) is 12.1 Å². The lowest BCUT2D eigenvalue weighted by Crippen LogP contribution is -2.46. The third-order valence-electron chi connectivity index (χ3n) is 5.47. The summed E-state index contributed by atoms with van der Waals surface area (Å²) in [5, 5.41) is 2.48. The van der Waals surface area contributed by atoms with E-state index >= 15 is 0 Å². The molecule has 4 aromatic rings. The van der Waals surface area contributed by atoms with E-state index in [1.807, 2.05) is 0 Å². The number of hydrogen-bond donors (Lipinski definition) is 2. The normalized spacial score (nSPS) is 12.9. The van der Waals surface area contributed by atoms with Gasteiger partial charge >= 0.3 is 5.69 Å². The molecule has 4 rings (SSSR count). The molecule has 0 saturated carbocycles. The maximum atomic E-state index is 14.2. The van der Waals surface area contributed by atoms with Crippen molar-refractivity contribution in [1.29, 1.82) is 0 Å². The summed E-state index contributed by atoms with van der Waals surface area (Å²) in [5.41, 5.74) is -0.967. The Balaban J connectivity index is 1.78. The lowest BCUT2D eigenvalue weighted by atomic mass is 10.0. The number of amides is 1. The fourth-order valence-corrected chi connectivity index (χ4v) is 3.77. The molecule has 10 heteroatoms. The van der Waals surface area contributed by atoms with E-state index < -0.39 is 46.7 Å². The molecule has 0 bridgehead atoms. The largest absolute Gasteiger partial charge is 0.348 e. The van der Waals surface area contributed by atoms with Gasteiger partial charge in [-0.1, -0.05) is 6.07 Å². The number of aromatic nitrogens is 3. The van der Waals surface area contributed by atoms with Crippen LogP contribution >= 0.6 is 0 Å². The summed E-state index contributed by atoms with van der Waals surface area (Å²) in [6.45, 7) is 1.49. The Bertz CT molecular complexity index is 1480. The first-order valence-electron chi connectivity index (χ1n) is 10.3. The summed E-state index contributed by atoms with van der Waals surface area (Å²) >= 11 is 0. The Morgan fingerprint density at radius 3 is 2.41 bits per heavy atom. The number of hydrogen-bond acceptors (Lipinski definition) is 4. The van der Waals surface area contributed by atoms with Crippen molar-refractivity contribution in [3.05, 3.63) is 110 Å². The molecule has 1 amide bonds. The zero-order valence-electron chi connectivity index (χ0n) is 17.9. The molecular formula is C24H19F3N4O3. The second-order valence-electron chi connectivity index (χ2n) is 7.77. The number of pyridine rings is 1. The van der Waals surface area contributed by atoms with Crippen LogP contribution in [0.3, 0.4) is 0 Å². The lowest BCUT2D eigenvalue weighted by molar-refractivity contribution is -0.125. The van der Waals surface area contributed by atoms with Gasteiger partial charge in [-0.2, -0.15) is 0 Å². The predicted octanol–water partition coefficient (Wildman–Crippen LogP) is 3.16. The summed E-state index contributed by atoms with van der Waals surface area (Å²) < 4.78 is 42.0. The number of H-pyrrole nitrogens is 1. The van der Waals surface area contributed by atoms with E-state index in [0.29, 0.717) is 16.2 Å². The van der Waals surface area contributed by atoms with E-state index in [4.69, 9.17) is 0 Å². The van der Waals surface area contributed by atoms with Crippen molar-refractivity contribution in [3.63, 3.8) is 0 Å². The molecule has 7 nitrogen and oxygen atoms in total. The van der Waals surface area contributed by atoms with E-state index in [0.717, 1.165) is 18.2 Å². The smallest absolute Gasteiger partial charge is 0.329 e. The van der Waals surface area contributed by atoms with Crippen LogP contribution in [-0.2, 0) is 11.2 Å². The Labute approximate surface area is 190 Å². The summed E-state index contributed by atoms with van der Waals surface area (Å²) in [4.78, 5) is 45.7. The number of nitrogens with zero attached hydrogens (tertiary/aromatic N) is 2. The molecule has 0 spiro atoms. The predicted molar refractivity (Wildman–Crippen MR) is 119 cm³/mol. The molecule has 0 radical (unpaired) electrons. The molecule has 2 aromatic heterocycles. The van der Waals surface area contributed by atoms with Crippen molar-refractivity contribution in [2.75, 3.05) is 0 Å². The number of aromatic amines is 1. The Morgan fingerprint density at radius 1 is 1.03 bits per heavy atom. The third kappa shape index (κ3) is 4.61. The highest BCUT2D eigenvalue weighted by Gasteiger charge is 2.27. The number of rotatable bonds is 6. The maximum absolute atomic E-state index is 14.2. The minimum Gasteiger partial charge on any atom is -0.348 e. The van der Waals surface area contributed by atoms with E-state index in [1.165, 1.54) is 31.5 Å². The first kappa shape index (κ1) is 23.0. The van der Waals surface area contributed by atoms with Crippen LogP contribution in [0.25, 0.3) is 10.9 Å². The second kappa shape index (κ2) is 9.34. The number of nitrogens with one attached hydrogen (secondary N) is 2. The van der Waals surface area contributed by atoms with Crippen molar-refractivity contribution in [3.8, 4) is 0 Å². The highest BCUT2D eigenvalue weighted by atomic mass is 19.1. The quantitative estimate of drug-likeness (QED) is 0.454. The highest BCUT2D eigenvalue weighted by Crippen LogP contribution is 2.20. The number of carbonyl (C=O) groups is 1. The number of fused-ring (bicyclic) bond motifs is 1. The van der Waals surface area contributed by atoms with Gasteiger partial charge in [0.05, 0.1) is 16.9 Å². The lowest BCUT2D eigenvalue weighted by Gasteiger charge is -2.22. The van der Waals surface area contributed by atoms with E-state index in [-0.39, 0.29) is 22.9 Å². The molecular weight excluding hydrogens is 449 g/mol. The SMILES string of the molecule is C[C@@H](NC(=O)[C@H](Cc1ccncc1)n1c(=O)[nH]c2ccc(F)cc2c1=O)c1ccc(F)cc1F. The van der Waals surface area contributed by atoms with Gasteiger partial charge in [0, 0.05) is 30.4 Å². The summed E-state index contributed by atoms with van der Waals surface area (Å²) in [6.07, 6.45) is 2.91. The van der Waals surface area contributed by atoms with Crippen LogP contribution in [0.4, 0.5) is 13.2 Å². The van der Waals surface area contributed by atoms with Crippen molar-refractivity contribution < 1.29 is 18.0 Å². The van der Waals surface area contributed by atoms with Crippen LogP contribution in [0.1, 0.15) is 30.1 Å². The molecule has 2 N–H and O–H groups in total. The monoisotopic (exact) mass is 468 g/mol. The van der Waals surface area contributed by atoms with Crippen LogP contribution in [0, 0.1) is 17.5 Å². The fourth-order valence-electron chi connectivity index (χ4n) is 3.77. The van der Waals surface area contributed by atoms with Crippen LogP contribution in [0.15, 0.2) is 70.5 Å². The van der Waals surface area contributed by atoms with Gasteiger partial charge in [0.1, 0.15) is 23.5 Å². The van der Waals surface area contributed by atoms with Gasteiger partial charge in [-0.05, 0) is 48.9 Å². The average molecular weight is 468 g/mol. The van der Waals surface area contributed by atoms with E-state index in [9.17, 15) is 27.6 Å². The van der Waals surface area contributed by atoms with Gasteiger partial charge in [-0.15, -0.1) is 0 Å². The van der Waals surface area contributed by atoms with E-state index in [2.05, 4.69) is 15.3 Å². The highest BCUT2D eigenvalue weighted by molar-refractivity contribution is 5.82. The van der Waals surface area contributed by atoms with Crippen LogP contribution in [0.2, 0.25) is 0 Å². The van der Waals surface area contributed by atoms with Gasteiger partial charge < -0.3 is 10.3 Å². The van der Waals surface area contributed by atoms with Gasteiger partial charge in [-0.3, -0.25) is 14.6 Å². The Kier molecular flexibility index (Phi) is 6.31. The molecule has 2 atom stereocenters. The molecule has 34 heavy (non-hydrogen) atoms. The van der Waals surface area contributed by atoms with Crippen LogP contribution < -0.4 is 16.6 Å². The number of benzene rings is 2. The topological polar surface area (TPSA) is 96.8 Å². The zero-order chi connectivity index (χ0) is 24.4. The molecule has 0 aliphatic heterocycles. The first-order chi connectivity index (χ1) is 16.2. The second-order valence-corrected chi connectivity index (χ2v) is 7.77. The van der Waals surface area contributed by atoms with Crippen molar-refractivity contribution in [2.45, 2.75) is 25.4 Å². The van der Waals surface area contributed by atoms with Gasteiger partial charge in [-0.25, -0.2) is 22.5 Å². The third-order valence-corrected chi connectivity index (χ3v) is 5.47. The standard InChI is InChI=1S/C24H19F3N4O3/c1-13(17-4-2-16(26)12-19(17)27)29-22(32)21(10-14-6-8-28-9-7-14)31-23(33)18-11-15(25)3-5-20(18)30-24(31)34/h2-9,11-13,21H,10H2,1H3,(H,29,32)(H,30,34)/t13-,21+/m1/s1. The van der Waals surface area contributed by atoms with Gasteiger partial charge in [0.15, 0.2) is 0 Å². The van der Waals surface area contributed by atoms with Crippen molar-refractivity contribution >= 4 is 16.8 Å². The molecule has 0 aliphatic carbocycles. The Morgan fingerprint density at radius 2 is 1.71 bits per heavy atom.